The van der Waals surface area contributed by atoms with E-state index in [0.717, 1.165) is 22.3 Å². The molecule has 0 bridgehead atoms. The highest BCUT2D eigenvalue weighted by Gasteiger charge is 2.33. The molecule has 0 aliphatic heterocycles. The Hall–Kier alpha value is -9.22. The zero-order valence-corrected chi connectivity index (χ0v) is 34.1. The number of rotatable bonds is 8. The lowest BCUT2D eigenvalue weighted by Crippen LogP contribution is -2.23. The van der Waals surface area contributed by atoms with Crippen molar-refractivity contribution in [3.8, 4) is 22.3 Å². The van der Waals surface area contributed by atoms with Gasteiger partial charge in [-0.15, -0.1) is 0 Å². The molecule has 8 aromatic rings. The summed E-state index contributed by atoms with van der Waals surface area (Å²) in [5.74, 6) is -2.06. The van der Waals surface area contributed by atoms with Gasteiger partial charge >= 0.3 is 0 Å². The largest absolute Gasteiger partial charge is 0.594 e. The molecule has 0 fully saturated rings. The zero-order valence-electron chi connectivity index (χ0n) is 34.1. The van der Waals surface area contributed by atoms with E-state index in [0.29, 0.717) is 49.6 Å². The normalized spacial score (nSPS) is 12.7. The molecule has 310 valence electrons. The quantitative estimate of drug-likeness (QED) is 0.0872. The monoisotopic (exact) mass is 848 g/mol. The first-order valence-corrected chi connectivity index (χ1v) is 20.5. The Morgan fingerprint density at radius 1 is 0.385 bits per heavy atom. The van der Waals surface area contributed by atoms with E-state index < -0.39 is 11.8 Å². The van der Waals surface area contributed by atoms with Crippen LogP contribution in [-0.2, 0) is 0 Å². The molecule has 0 unspecified atom stereocenters. The number of carbonyl (C=O) groups excluding carboxylic acids is 6. The first-order chi connectivity index (χ1) is 31.6. The molecular weight excluding hydrogens is 817 g/mol. The van der Waals surface area contributed by atoms with Crippen LogP contribution >= 0.6 is 0 Å². The Morgan fingerprint density at radius 2 is 0.723 bits per heavy atom. The summed E-state index contributed by atoms with van der Waals surface area (Å²) in [5.41, 5.74) is 7.33. The second-order valence-corrected chi connectivity index (χ2v) is 15.4. The van der Waals surface area contributed by atoms with Gasteiger partial charge in [0.1, 0.15) is 5.69 Å². The van der Waals surface area contributed by atoms with Crippen molar-refractivity contribution in [3.05, 3.63) is 243 Å². The SMILES string of the molecule is O=C(Nc1cccc2c1C(=O)c1ccccc1C2=O)c1ccc(-c2ccc(N=[N+]([O-])c3ccc(-c4ccc(C(=O)Nc5cccc6c5C(=O)c5ccccc5C6=O)cc4)cc3)cc2)cc1. The molecule has 2 aliphatic rings. The van der Waals surface area contributed by atoms with Crippen LogP contribution in [0.1, 0.15) is 84.4 Å². The number of azo groups is 1. The fraction of sp³-hybridized carbons (Fsp3) is 0. The lowest BCUT2D eigenvalue weighted by atomic mass is 9.83. The molecule has 0 atom stereocenters. The maximum atomic E-state index is 13.4. The van der Waals surface area contributed by atoms with E-state index >= 15 is 0 Å². The summed E-state index contributed by atoms with van der Waals surface area (Å²) in [6.07, 6.45) is 0. The lowest BCUT2D eigenvalue weighted by molar-refractivity contribution is -0.435. The number of ketones is 4. The first-order valence-electron chi connectivity index (χ1n) is 20.5. The van der Waals surface area contributed by atoms with Gasteiger partial charge in [-0.1, -0.05) is 114 Å². The Morgan fingerprint density at radius 3 is 1.12 bits per heavy atom. The fourth-order valence-corrected chi connectivity index (χ4v) is 8.18. The number of nitrogens with one attached hydrogen (secondary N) is 2. The predicted molar refractivity (Wildman–Crippen MR) is 245 cm³/mol. The number of hydrogen-bond acceptors (Lipinski definition) is 8. The number of benzene rings is 8. The van der Waals surface area contributed by atoms with Gasteiger partial charge in [-0.2, -0.15) is 0 Å². The Kier molecular flexibility index (Phi) is 9.96. The van der Waals surface area contributed by atoms with Crippen molar-refractivity contribution in [2.75, 3.05) is 10.6 Å². The molecule has 0 radical (unpaired) electrons. The average molecular weight is 849 g/mol. The third-order valence-corrected chi connectivity index (χ3v) is 11.5. The molecule has 2 N–H and O–H groups in total. The van der Waals surface area contributed by atoms with Gasteiger partial charge in [0.15, 0.2) is 23.1 Å². The second-order valence-electron chi connectivity index (χ2n) is 15.4. The zero-order chi connectivity index (χ0) is 44.8. The third-order valence-electron chi connectivity index (χ3n) is 11.5. The van der Waals surface area contributed by atoms with Crippen molar-refractivity contribution in [2.45, 2.75) is 0 Å². The van der Waals surface area contributed by atoms with Gasteiger partial charge in [-0.3, -0.25) is 28.8 Å². The van der Waals surface area contributed by atoms with Gasteiger partial charge < -0.3 is 15.8 Å². The van der Waals surface area contributed by atoms with Crippen molar-refractivity contribution in [3.63, 3.8) is 0 Å². The number of fused-ring (bicyclic) bond motifs is 4. The van der Waals surface area contributed by atoms with Gasteiger partial charge in [0.2, 0.25) is 5.69 Å². The van der Waals surface area contributed by atoms with E-state index in [9.17, 15) is 34.0 Å². The van der Waals surface area contributed by atoms with Crippen LogP contribution in [0.3, 0.4) is 0 Å². The molecule has 11 nitrogen and oxygen atoms in total. The maximum absolute atomic E-state index is 13.4. The number of amides is 2. The van der Waals surface area contributed by atoms with Crippen LogP contribution in [0, 0.1) is 5.21 Å². The number of carbonyl (C=O) groups is 6. The summed E-state index contributed by atoms with van der Waals surface area (Å²) in [4.78, 5) is 80.2. The molecule has 10 rings (SSSR count). The van der Waals surface area contributed by atoms with Gasteiger partial charge in [-0.05, 0) is 82.9 Å². The standard InChI is InChI=1S/C54H32N4O7/c59-49-39-7-1-3-9-41(39)51(61)47-43(49)11-5-13-45(47)55-53(63)35-19-15-31(16-20-35)33-23-27-37(28-24-33)57-58(65)38-29-25-34(26-30-38)32-17-21-36(22-18-32)54(64)56-46-14-6-12-44-48(46)52(62)42-10-4-2-8-40(42)50(44)60/h1-30H,(H,55,63)(H,56,64). The summed E-state index contributed by atoms with van der Waals surface area (Å²) in [7, 11) is 0. The molecule has 2 aliphatic carbocycles. The smallest absolute Gasteiger partial charge is 0.255 e. The number of hydrogen-bond donors (Lipinski definition) is 2. The van der Waals surface area contributed by atoms with Gasteiger partial charge in [0.05, 0.1) is 22.5 Å². The molecule has 0 saturated carbocycles. The van der Waals surface area contributed by atoms with Crippen molar-refractivity contribution in [1.82, 2.24) is 0 Å². The Bertz CT molecular complexity index is 3360. The van der Waals surface area contributed by atoms with Crippen molar-refractivity contribution in [1.29, 1.82) is 0 Å². The van der Waals surface area contributed by atoms with Crippen LogP contribution in [-0.4, -0.2) is 39.8 Å². The summed E-state index contributed by atoms with van der Waals surface area (Å²) in [6.45, 7) is 0. The van der Waals surface area contributed by atoms with Gasteiger partial charge in [0, 0.05) is 61.8 Å². The summed E-state index contributed by atoms with van der Waals surface area (Å²) in [5, 5.41) is 22.9. The van der Waals surface area contributed by atoms with Crippen LogP contribution in [0.4, 0.5) is 22.7 Å². The third kappa shape index (κ3) is 7.28. The Labute approximate surface area is 370 Å². The van der Waals surface area contributed by atoms with Gasteiger partial charge in [0.25, 0.3) is 11.8 Å². The van der Waals surface area contributed by atoms with Crippen molar-refractivity contribution < 1.29 is 33.6 Å². The van der Waals surface area contributed by atoms with Crippen LogP contribution in [0.15, 0.2) is 187 Å². The summed E-state index contributed by atoms with van der Waals surface area (Å²) in [6, 6.07) is 50.7. The summed E-state index contributed by atoms with van der Waals surface area (Å²) < 4.78 is 0. The molecule has 0 saturated heterocycles. The minimum Gasteiger partial charge on any atom is -0.594 e. The van der Waals surface area contributed by atoms with Crippen molar-refractivity contribution >= 4 is 57.7 Å². The average Bonchev–Trinajstić information content (AvgIpc) is 3.35. The molecule has 0 spiro atoms. The van der Waals surface area contributed by atoms with E-state index in [1.165, 1.54) is 0 Å². The molecule has 0 aromatic heterocycles. The van der Waals surface area contributed by atoms with E-state index in [1.54, 1.807) is 170 Å². The highest BCUT2D eigenvalue weighted by molar-refractivity contribution is 6.32. The molecule has 65 heavy (non-hydrogen) atoms. The topological polar surface area (TPSA) is 165 Å². The number of anilines is 2. The maximum Gasteiger partial charge on any atom is 0.255 e. The van der Waals surface area contributed by atoms with Crippen LogP contribution in [0.5, 0.6) is 0 Å². The van der Waals surface area contributed by atoms with Crippen molar-refractivity contribution in [2.24, 2.45) is 5.11 Å². The van der Waals surface area contributed by atoms with E-state index in [4.69, 9.17) is 0 Å². The first kappa shape index (κ1) is 39.9. The van der Waals surface area contributed by atoms with Crippen LogP contribution in [0.2, 0.25) is 0 Å². The minimum atomic E-state index is -0.441. The highest BCUT2D eigenvalue weighted by Crippen LogP contribution is 2.34. The molecule has 8 aromatic carbocycles. The summed E-state index contributed by atoms with van der Waals surface area (Å²) >= 11 is 0. The number of nitrogens with zero attached hydrogens (tertiary/aromatic N) is 2. The Balaban J connectivity index is 0.771. The minimum absolute atomic E-state index is 0.168. The van der Waals surface area contributed by atoms with Crippen LogP contribution < -0.4 is 10.6 Å². The fourth-order valence-electron chi connectivity index (χ4n) is 8.18. The molecule has 11 heteroatoms. The van der Waals surface area contributed by atoms with E-state index in [-0.39, 0.29) is 56.8 Å². The molecule has 2 amide bonds. The van der Waals surface area contributed by atoms with E-state index in [2.05, 4.69) is 15.7 Å². The predicted octanol–water partition coefficient (Wildman–Crippen LogP) is 11.0. The van der Waals surface area contributed by atoms with E-state index in [1.807, 2.05) is 12.1 Å². The molecule has 0 heterocycles. The van der Waals surface area contributed by atoms with Gasteiger partial charge in [-0.25, -0.2) is 0 Å². The van der Waals surface area contributed by atoms with Crippen LogP contribution in [0.25, 0.3) is 22.3 Å². The highest BCUT2D eigenvalue weighted by atomic mass is 16.5. The lowest BCUT2D eigenvalue weighted by Gasteiger charge is -2.20. The second kappa shape index (κ2) is 16.2. The molecular formula is C54H32N4O7.